The molecule has 178 valence electrons. The van der Waals surface area contributed by atoms with E-state index in [1.165, 1.54) is 0 Å². The molecular formula is C26H28ClN3O3S. The Labute approximate surface area is 206 Å². The van der Waals surface area contributed by atoms with Crippen LogP contribution in [-0.2, 0) is 16.6 Å². The monoisotopic (exact) mass is 497 g/mol. The number of benzene rings is 3. The Bertz CT molecular complexity index is 1270. The lowest BCUT2D eigenvalue weighted by molar-refractivity contribution is 0.102. The van der Waals surface area contributed by atoms with Crippen LogP contribution in [0, 0.1) is 13.8 Å². The van der Waals surface area contributed by atoms with Crippen molar-refractivity contribution in [2.45, 2.75) is 25.3 Å². The number of anilines is 1. The zero-order valence-electron chi connectivity index (χ0n) is 19.3. The van der Waals surface area contributed by atoms with Gasteiger partial charge in [-0.3, -0.25) is 9.69 Å². The first-order chi connectivity index (χ1) is 16.2. The number of nitrogens with zero attached hydrogens (tertiary/aromatic N) is 2. The second kappa shape index (κ2) is 10.3. The highest BCUT2D eigenvalue weighted by molar-refractivity contribution is 7.89. The zero-order valence-corrected chi connectivity index (χ0v) is 20.9. The van der Waals surface area contributed by atoms with Crippen LogP contribution in [0.2, 0.25) is 5.02 Å². The summed E-state index contributed by atoms with van der Waals surface area (Å²) in [5.74, 6) is -0.193. The lowest BCUT2D eigenvalue weighted by Crippen LogP contribution is -2.48. The number of rotatable bonds is 6. The molecule has 34 heavy (non-hydrogen) atoms. The number of carbonyl (C=O) groups excluding carboxylic acids is 1. The topological polar surface area (TPSA) is 69.7 Å². The van der Waals surface area contributed by atoms with Gasteiger partial charge in [-0.2, -0.15) is 4.31 Å². The fourth-order valence-electron chi connectivity index (χ4n) is 3.88. The minimum atomic E-state index is -3.47. The third kappa shape index (κ3) is 5.67. The van der Waals surface area contributed by atoms with Crippen LogP contribution in [0.5, 0.6) is 0 Å². The van der Waals surface area contributed by atoms with Crippen molar-refractivity contribution >= 4 is 33.2 Å². The molecule has 6 nitrogen and oxygen atoms in total. The Morgan fingerprint density at radius 2 is 1.56 bits per heavy atom. The molecule has 1 saturated heterocycles. The fraction of sp³-hybridized carbons (Fsp3) is 0.269. The van der Waals surface area contributed by atoms with E-state index in [4.69, 9.17) is 11.6 Å². The molecule has 0 aromatic heterocycles. The van der Waals surface area contributed by atoms with Gasteiger partial charge in [0.05, 0.1) is 4.90 Å². The first-order valence-electron chi connectivity index (χ1n) is 11.2. The maximum atomic E-state index is 12.9. The van der Waals surface area contributed by atoms with Gasteiger partial charge < -0.3 is 5.32 Å². The molecule has 0 aliphatic carbocycles. The summed E-state index contributed by atoms with van der Waals surface area (Å²) >= 11 is 6.14. The molecule has 3 aromatic carbocycles. The molecule has 0 saturated carbocycles. The summed E-state index contributed by atoms with van der Waals surface area (Å²) in [5, 5.41) is 3.48. The van der Waals surface area contributed by atoms with E-state index in [0.29, 0.717) is 53.9 Å². The molecule has 1 amide bonds. The van der Waals surface area contributed by atoms with Crippen molar-refractivity contribution in [3.05, 3.63) is 94.0 Å². The van der Waals surface area contributed by atoms with E-state index >= 15 is 0 Å². The second-order valence-electron chi connectivity index (χ2n) is 8.61. The lowest BCUT2D eigenvalue weighted by atomic mass is 10.1. The standard InChI is InChI=1S/C26H28ClN3O3S/c1-19-3-11-24(12-4-19)34(32,33)30-15-13-29(14-16-30)18-21-6-8-22(9-7-21)26(31)28-23-10-5-20(2)25(27)17-23/h3-12,17H,13-16,18H2,1-2H3,(H,28,31). The van der Waals surface area contributed by atoms with Crippen LogP contribution in [0.25, 0.3) is 0 Å². The average molecular weight is 498 g/mol. The van der Waals surface area contributed by atoms with E-state index in [1.807, 2.05) is 50.2 Å². The van der Waals surface area contributed by atoms with Crippen molar-refractivity contribution in [3.8, 4) is 0 Å². The molecule has 8 heteroatoms. The van der Waals surface area contributed by atoms with Gasteiger partial charge >= 0.3 is 0 Å². The van der Waals surface area contributed by atoms with Crippen molar-refractivity contribution in [2.24, 2.45) is 0 Å². The van der Waals surface area contributed by atoms with Crippen LogP contribution in [-0.4, -0.2) is 49.7 Å². The average Bonchev–Trinajstić information content (AvgIpc) is 2.82. The van der Waals surface area contributed by atoms with Crippen LogP contribution < -0.4 is 5.32 Å². The number of halogens is 1. The van der Waals surface area contributed by atoms with Gasteiger partial charge in [0, 0.05) is 49.0 Å². The van der Waals surface area contributed by atoms with Gasteiger partial charge in [0.15, 0.2) is 0 Å². The van der Waals surface area contributed by atoms with Crippen molar-refractivity contribution in [1.29, 1.82) is 0 Å². The summed E-state index contributed by atoms with van der Waals surface area (Å²) in [7, 11) is -3.47. The maximum Gasteiger partial charge on any atom is 0.255 e. The minimum absolute atomic E-state index is 0.193. The van der Waals surface area contributed by atoms with Gasteiger partial charge in [-0.1, -0.05) is 47.5 Å². The Kier molecular flexibility index (Phi) is 7.38. The molecule has 0 spiro atoms. The van der Waals surface area contributed by atoms with Crippen LogP contribution >= 0.6 is 11.6 Å². The van der Waals surface area contributed by atoms with Gasteiger partial charge in [0.2, 0.25) is 10.0 Å². The molecule has 4 rings (SSSR count). The number of aryl methyl sites for hydroxylation is 2. The van der Waals surface area contributed by atoms with Crippen molar-refractivity contribution in [1.82, 2.24) is 9.21 Å². The van der Waals surface area contributed by atoms with E-state index < -0.39 is 10.0 Å². The molecule has 1 fully saturated rings. The van der Waals surface area contributed by atoms with Gasteiger partial charge in [-0.15, -0.1) is 0 Å². The van der Waals surface area contributed by atoms with Gasteiger partial charge in [-0.05, 0) is 61.4 Å². The Morgan fingerprint density at radius 1 is 0.912 bits per heavy atom. The molecule has 0 radical (unpaired) electrons. The first kappa shape index (κ1) is 24.4. The molecular weight excluding hydrogens is 470 g/mol. The van der Waals surface area contributed by atoms with Crippen LogP contribution in [0.15, 0.2) is 71.6 Å². The highest BCUT2D eigenvalue weighted by Gasteiger charge is 2.28. The third-order valence-electron chi connectivity index (χ3n) is 6.04. The molecule has 1 aliphatic heterocycles. The quantitative estimate of drug-likeness (QED) is 0.535. The maximum absolute atomic E-state index is 12.9. The van der Waals surface area contributed by atoms with Crippen molar-refractivity contribution in [3.63, 3.8) is 0 Å². The second-order valence-corrected chi connectivity index (χ2v) is 11.0. The molecule has 0 atom stereocenters. The predicted octanol–water partition coefficient (Wildman–Crippen LogP) is 4.72. The summed E-state index contributed by atoms with van der Waals surface area (Å²) in [6.07, 6.45) is 0. The summed E-state index contributed by atoms with van der Waals surface area (Å²) in [5.41, 5.74) is 4.28. The summed E-state index contributed by atoms with van der Waals surface area (Å²) in [6.45, 7) is 6.77. The number of hydrogen-bond acceptors (Lipinski definition) is 4. The smallest absolute Gasteiger partial charge is 0.255 e. The van der Waals surface area contributed by atoms with E-state index in [0.717, 1.165) is 16.7 Å². The normalized spacial score (nSPS) is 15.3. The lowest BCUT2D eigenvalue weighted by Gasteiger charge is -2.34. The number of hydrogen-bond donors (Lipinski definition) is 1. The number of piperazine rings is 1. The fourth-order valence-corrected chi connectivity index (χ4v) is 5.48. The van der Waals surface area contributed by atoms with E-state index in [9.17, 15) is 13.2 Å². The molecule has 3 aromatic rings. The van der Waals surface area contributed by atoms with Crippen LogP contribution in [0.4, 0.5) is 5.69 Å². The third-order valence-corrected chi connectivity index (χ3v) is 8.36. The molecule has 1 aliphatic rings. The van der Waals surface area contributed by atoms with E-state index in [-0.39, 0.29) is 5.91 Å². The molecule has 0 bridgehead atoms. The first-order valence-corrected chi connectivity index (χ1v) is 13.0. The molecule has 0 unspecified atom stereocenters. The number of amides is 1. The summed E-state index contributed by atoms with van der Waals surface area (Å²) in [4.78, 5) is 15.1. The predicted molar refractivity (Wildman–Crippen MR) is 136 cm³/mol. The van der Waals surface area contributed by atoms with E-state index in [2.05, 4.69) is 10.2 Å². The van der Waals surface area contributed by atoms with Gasteiger partial charge in [0.1, 0.15) is 0 Å². The number of sulfonamides is 1. The highest BCUT2D eigenvalue weighted by Crippen LogP contribution is 2.21. The Morgan fingerprint density at radius 3 is 2.18 bits per heavy atom. The summed E-state index contributed by atoms with van der Waals surface area (Å²) < 4.78 is 27.3. The largest absolute Gasteiger partial charge is 0.322 e. The summed E-state index contributed by atoms with van der Waals surface area (Å²) in [6, 6.07) is 19.9. The zero-order chi connectivity index (χ0) is 24.3. The van der Waals surface area contributed by atoms with E-state index in [1.54, 1.807) is 34.6 Å². The Balaban J connectivity index is 1.31. The Hall–Kier alpha value is -2.71. The minimum Gasteiger partial charge on any atom is -0.322 e. The van der Waals surface area contributed by atoms with Gasteiger partial charge in [0.25, 0.3) is 5.91 Å². The van der Waals surface area contributed by atoms with Gasteiger partial charge in [-0.25, -0.2) is 8.42 Å². The van der Waals surface area contributed by atoms with Crippen LogP contribution in [0.1, 0.15) is 27.0 Å². The van der Waals surface area contributed by atoms with Crippen LogP contribution in [0.3, 0.4) is 0 Å². The molecule has 1 N–H and O–H groups in total. The molecule has 1 heterocycles. The SMILES string of the molecule is Cc1ccc(S(=O)(=O)N2CCN(Cc3ccc(C(=O)Nc4ccc(C)c(Cl)c4)cc3)CC2)cc1. The number of carbonyl (C=O) groups is 1. The van der Waals surface area contributed by atoms with Crippen molar-refractivity contribution < 1.29 is 13.2 Å². The number of nitrogens with one attached hydrogen (secondary N) is 1. The highest BCUT2D eigenvalue weighted by atomic mass is 35.5. The van der Waals surface area contributed by atoms with Crippen molar-refractivity contribution in [2.75, 3.05) is 31.5 Å².